The molecule has 90 valence electrons. The molecule has 2 fully saturated rings. The standard InChI is InChI=1S/C15H19NO/c1-2-4-13-12(3-1)14(11-5-6-11)17-15(13)7-9-16-10-8-15/h1-4,11,14,16H,5-10H2. The normalized spacial score (nSPS) is 30.5. The summed E-state index contributed by atoms with van der Waals surface area (Å²) in [6.07, 6.45) is 5.37. The van der Waals surface area contributed by atoms with Crippen LogP contribution in [0.3, 0.4) is 0 Å². The monoisotopic (exact) mass is 229 g/mol. The number of fused-ring (bicyclic) bond motifs is 2. The lowest BCUT2D eigenvalue weighted by Gasteiger charge is -2.34. The average Bonchev–Trinajstić information content (AvgIpc) is 3.18. The third kappa shape index (κ3) is 1.47. The molecule has 1 aliphatic carbocycles. The molecule has 1 saturated carbocycles. The van der Waals surface area contributed by atoms with Crippen LogP contribution in [0, 0.1) is 5.92 Å². The van der Waals surface area contributed by atoms with Crippen LogP contribution < -0.4 is 5.32 Å². The second-order valence-electron chi connectivity index (χ2n) is 5.71. The maximum absolute atomic E-state index is 6.54. The second-order valence-corrected chi connectivity index (χ2v) is 5.71. The van der Waals surface area contributed by atoms with Crippen molar-refractivity contribution in [1.29, 1.82) is 0 Å². The molecule has 1 aromatic rings. The van der Waals surface area contributed by atoms with E-state index in [2.05, 4.69) is 29.6 Å². The van der Waals surface area contributed by atoms with E-state index in [0.29, 0.717) is 6.10 Å². The SMILES string of the molecule is c1ccc2c(c1)C(C1CC1)OC21CCNCC1. The maximum atomic E-state index is 6.54. The zero-order valence-corrected chi connectivity index (χ0v) is 10.1. The summed E-state index contributed by atoms with van der Waals surface area (Å²) in [4.78, 5) is 0. The zero-order valence-electron chi connectivity index (χ0n) is 10.1. The molecular weight excluding hydrogens is 210 g/mol. The third-order valence-electron chi connectivity index (χ3n) is 4.57. The quantitative estimate of drug-likeness (QED) is 0.799. The summed E-state index contributed by atoms with van der Waals surface area (Å²) in [5.41, 5.74) is 3.00. The highest BCUT2D eigenvalue weighted by Gasteiger charge is 2.49. The van der Waals surface area contributed by atoms with Crippen molar-refractivity contribution >= 4 is 0 Å². The first-order chi connectivity index (χ1) is 8.39. The number of piperidine rings is 1. The van der Waals surface area contributed by atoms with Crippen LogP contribution in [0.1, 0.15) is 42.9 Å². The zero-order chi connectivity index (χ0) is 11.3. The first-order valence-corrected chi connectivity index (χ1v) is 6.87. The molecule has 2 heteroatoms. The van der Waals surface area contributed by atoms with Crippen molar-refractivity contribution in [2.24, 2.45) is 5.92 Å². The maximum Gasteiger partial charge on any atom is 0.0967 e. The smallest absolute Gasteiger partial charge is 0.0967 e. The number of nitrogens with one attached hydrogen (secondary N) is 1. The first-order valence-electron chi connectivity index (χ1n) is 6.87. The molecule has 1 unspecified atom stereocenters. The van der Waals surface area contributed by atoms with Crippen molar-refractivity contribution in [3.05, 3.63) is 35.4 Å². The summed E-state index contributed by atoms with van der Waals surface area (Å²) < 4.78 is 6.54. The molecule has 17 heavy (non-hydrogen) atoms. The van der Waals surface area contributed by atoms with Crippen LogP contribution in [0.2, 0.25) is 0 Å². The summed E-state index contributed by atoms with van der Waals surface area (Å²) in [6, 6.07) is 8.91. The van der Waals surface area contributed by atoms with E-state index in [1.165, 1.54) is 24.0 Å². The van der Waals surface area contributed by atoms with E-state index < -0.39 is 0 Å². The Balaban J connectivity index is 1.78. The summed E-state index contributed by atoms with van der Waals surface area (Å²) in [5.74, 6) is 0.797. The van der Waals surface area contributed by atoms with Crippen molar-refractivity contribution in [2.75, 3.05) is 13.1 Å². The fourth-order valence-electron chi connectivity index (χ4n) is 3.50. The van der Waals surface area contributed by atoms with Gasteiger partial charge in [-0.1, -0.05) is 24.3 Å². The van der Waals surface area contributed by atoms with E-state index in [1.54, 1.807) is 0 Å². The van der Waals surface area contributed by atoms with E-state index in [0.717, 1.165) is 31.8 Å². The average molecular weight is 229 g/mol. The Morgan fingerprint density at radius 1 is 1.12 bits per heavy atom. The third-order valence-corrected chi connectivity index (χ3v) is 4.57. The van der Waals surface area contributed by atoms with E-state index in [4.69, 9.17) is 4.74 Å². The van der Waals surface area contributed by atoms with Gasteiger partial charge in [0.25, 0.3) is 0 Å². The van der Waals surface area contributed by atoms with Crippen LogP contribution >= 0.6 is 0 Å². The topological polar surface area (TPSA) is 21.3 Å². The minimum atomic E-state index is 0.0368. The van der Waals surface area contributed by atoms with Gasteiger partial charge in [0.1, 0.15) is 0 Å². The van der Waals surface area contributed by atoms with Gasteiger partial charge in [-0.15, -0.1) is 0 Å². The summed E-state index contributed by atoms with van der Waals surface area (Å²) in [7, 11) is 0. The molecule has 0 amide bonds. The van der Waals surface area contributed by atoms with Crippen LogP contribution in [0.5, 0.6) is 0 Å². The molecule has 1 spiro atoms. The van der Waals surface area contributed by atoms with Gasteiger partial charge in [0.2, 0.25) is 0 Å². The van der Waals surface area contributed by atoms with Gasteiger partial charge < -0.3 is 10.1 Å². The lowest BCUT2D eigenvalue weighted by molar-refractivity contribution is -0.102. The van der Waals surface area contributed by atoms with Gasteiger partial charge in [-0.3, -0.25) is 0 Å². The van der Waals surface area contributed by atoms with Crippen LogP contribution in [0.25, 0.3) is 0 Å². The molecule has 2 aliphatic heterocycles. The Bertz CT molecular complexity index is 432. The summed E-state index contributed by atoms with van der Waals surface area (Å²) in [5, 5.41) is 3.45. The van der Waals surface area contributed by atoms with Gasteiger partial charge in [0.05, 0.1) is 11.7 Å². The van der Waals surface area contributed by atoms with E-state index >= 15 is 0 Å². The lowest BCUT2D eigenvalue weighted by atomic mass is 9.84. The van der Waals surface area contributed by atoms with Gasteiger partial charge in [0, 0.05) is 0 Å². The molecule has 1 aromatic carbocycles. The van der Waals surface area contributed by atoms with Crippen molar-refractivity contribution in [3.63, 3.8) is 0 Å². The van der Waals surface area contributed by atoms with E-state index in [-0.39, 0.29) is 5.60 Å². The van der Waals surface area contributed by atoms with Crippen molar-refractivity contribution < 1.29 is 4.74 Å². The van der Waals surface area contributed by atoms with E-state index in [1.807, 2.05) is 0 Å². The highest BCUT2D eigenvalue weighted by atomic mass is 16.5. The summed E-state index contributed by atoms with van der Waals surface area (Å²) in [6.45, 7) is 2.18. The highest BCUT2D eigenvalue weighted by Crippen LogP contribution is 2.55. The minimum Gasteiger partial charge on any atom is -0.362 e. The number of benzene rings is 1. The molecule has 1 saturated heterocycles. The van der Waals surface area contributed by atoms with Gasteiger partial charge in [-0.25, -0.2) is 0 Å². The van der Waals surface area contributed by atoms with Gasteiger partial charge >= 0.3 is 0 Å². The number of hydrogen-bond donors (Lipinski definition) is 1. The van der Waals surface area contributed by atoms with Gasteiger partial charge in [0.15, 0.2) is 0 Å². The number of ether oxygens (including phenoxy) is 1. The molecule has 0 radical (unpaired) electrons. The second kappa shape index (κ2) is 3.56. The van der Waals surface area contributed by atoms with Crippen LogP contribution in [-0.4, -0.2) is 13.1 Å². The van der Waals surface area contributed by atoms with Crippen LogP contribution in [0.15, 0.2) is 24.3 Å². The fourth-order valence-corrected chi connectivity index (χ4v) is 3.50. The van der Waals surface area contributed by atoms with E-state index in [9.17, 15) is 0 Å². The molecule has 0 bridgehead atoms. The first kappa shape index (κ1) is 10.1. The Morgan fingerprint density at radius 2 is 1.88 bits per heavy atom. The molecule has 1 N–H and O–H groups in total. The molecule has 2 heterocycles. The Hall–Kier alpha value is -0.860. The van der Waals surface area contributed by atoms with Crippen LogP contribution in [-0.2, 0) is 10.3 Å². The fraction of sp³-hybridized carbons (Fsp3) is 0.600. The lowest BCUT2D eigenvalue weighted by Crippen LogP contribution is -2.39. The highest BCUT2D eigenvalue weighted by molar-refractivity contribution is 5.39. The molecular formula is C15H19NO. The molecule has 1 atom stereocenters. The molecule has 3 aliphatic rings. The Kier molecular flexibility index (Phi) is 2.12. The Labute approximate surface area is 102 Å². The summed E-state index contributed by atoms with van der Waals surface area (Å²) >= 11 is 0. The Morgan fingerprint density at radius 3 is 2.65 bits per heavy atom. The van der Waals surface area contributed by atoms with Crippen molar-refractivity contribution in [2.45, 2.75) is 37.4 Å². The predicted octanol–water partition coefficient (Wildman–Crippen LogP) is 2.75. The van der Waals surface area contributed by atoms with Gasteiger partial charge in [-0.2, -0.15) is 0 Å². The van der Waals surface area contributed by atoms with Crippen LogP contribution in [0.4, 0.5) is 0 Å². The van der Waals surface area contributed by atoms with Crippen molar-refractivity contribution in [3.8, 4) is 0 Å². The predicted molar refractivity (Wildman–Crippen MR) is 66.8 cm³/mol. The largest absolute Gasteiger partial charge is 0.362 e. The molecule has 2 nitrogen and oxygen atoms in total. The van der Waals surface area contributed by atoms with Crippen molar-refractivity contribution in [1.82, 2.24) is 5.32 Å². The molecule has 0 aromatic heterocycles. The number of rotatable bonds is 1. The molecule has 4 rings (SSSR count). The van der Waals surface area contributed by atoms with Gasteiger partial charge in [-0.05, 0) is 55.8 Å². The number of hydrogen-bond acceptors (Lipinski definition) is 2. The minimum absolute atomic E-state index is 0.0368.